The lowest BCUT2D eigenvalue weighted by molar-refractivity contribution is -0.121. The van der Waals surface area contributed by atoms with Crippen LogP contribution in [-0.4, -0.2) is 28.6 Å². The molecule has 4 nitrogen and oxygen atoms in total. The van der Waals surface area contributed by atoms with E-state index in [4.69, 9.17) is 5.11 Å². The highest BCUT2D eigenvalue weighted by Crippen LogP contribution is 2.10. The van der Waals surface area contributed by atoms with Crippen molar-refractivity contribution in [2.24, 2.45) is 0 Å². The predicted molar refractivity (Wildman–Crippen MR) is 69.1 cm³/mol. The first-order chi connectivity index (χ1) is 8.08. The van der Waals surface area contributed by atoms with Gasteiger partial charge in [0.2, 0.25) is 5.91 Å². The van der Waals surface area contributed by atoms with Gasteiger partial charge in [0.25, 0.3) is 0 Å². The van der Waals surface area contributed by atoms with Gasteiger partial charge in [0.05, 0.1) is 16.8 Å². The van der Waals surface area contributed by atoms with Gasteiger partial charge in [-0.15, -0.1) is 11.3 Å². The molecule has 0 aliphatic heterocycles. The van der Waals surface area contributed by atoms with E-state index in [1.807, 2.05) is 12.3 Å². The molecule has 0 saturated carbocycles. The fraction of sp³-hybridized carbons (Fsp3) is 0.667. The van der Waals surface area contributed by atoms with Gasteiger partial charge in [0, 0.05) is 18.3 Å². The SMILES string of the molecule is Cc1nc(CCCC(=O)NCCC(C)O)cs1. The molecular weight excluding hydrogens is 236 g/mol. The lowest BCUT2D eigenvalue weighted by atomic mass is 10.2. The maximum Gasteiger partial charge on any atom is 0.220 e. The van der Waals surface area contributed by atoms with Gasteiger partial charge in [0.15, 0.2) is 0 Å². The fourth-order valence-corrected chi connectivity index (χ4v) is 2.11. The maximum atomic E-state index is 11.4. The minimum atomic E-state index is -0.353. The van der Waals surface area contributed by atoms with E-state index in [0.29, 0.717) is 19.4 Å². The molecule has 1 heterocycles. The summed E-state index contributed by atoms with van der Waals surface area (Å²) in [6.07, 6.45) is 2.46. The summed E-state index contributed by atoms with van der Waals surface area (Å²) in [5, 5.41) is 14.9. The van der Waals surface area contributed by atoms with Gasteiger partial charge in [-0.05, 0) is 33.1 Å². The van der Waals surface area contributed by atoms with Crippen LogP contribution in [0.5, 0.6) is 0 Å². The van der Waals surface area contributed by atoms with Crippen LogP contribution in [0.4, 0.5) is 0 Å². The van der Waals surface area contributed by atoms with Gasteiger partial charge in [0.1, 0.15) is 0 Å². The highest BCUT2D eigenvalue weighted by Gasteiger charge is 2.03. The molecule has 1 atom stereocenters. The van der Waals surface area contributed by atoms with E-state index in [-0.39, 0.29) is 12.0 Å². The smallest absolute Gasteiger partial charge is 0.220 e. The van der Waals surface area contributed by atoms with Crippen LogP contribution in [0.25, 0.3) is 0 Å². The van der Waals surface area contributed by atoms with Crippen LogP contribution >= 0.6 is 11.3 Å². The van der Waals surface area contributed by atoms with E-state index in [1.165, 1.54) is 0 Å². The van der Waals surface area contributed by atoms with Crippen molar-refractivity contribution in [3.63, 3.8) is 0 Å². The number of aromatic nitrogens is 1. The van der Waals surface area contributed by atoms with E-state index in [9.17, 15) is 4.79 Å². The molecule has 96 valence electrons. The first-order valence-corrected chi connectivity index (χ1v) is 6.81. The van der Waals surface area contributed by atoms with Crippen LogP contribution in [0.1, 0.15) is 36.9 Å². The van der Waals surface area contributed by atoms with Crippen molar-refractivity contribution in [2.75, 3.05) is 6.54 Å². The number of rotatable bonds is 7. The summed E-state index contributed by atoms with van der Waals surface area (Å²) in [7, 11) is 0. The Labute approximate surface area is 106 Å². The molecule has 1 aromatic rings. The van der Waals surface area contributed by atoms with Crippen molar-refractivity contribution >= 4 is 17.2 Å². The summed E-state index contributed by atoms with van der Waals surface area (Å²) < 4.78 is 0. The van der Waals surface area contributed by atoms with Gasteiger partial charge in [-0.3, -0.25) is 4.79 Å². The number of nitrogens with one attached hydrogen (secondary N) is 1. The Morgan fingerprint density at radius 2 is 2.41 bits per heavy atom. The second kappa shape index (κ2) is 7.40. The van der Waals surface area contributed by atoms with Crippen LogP contribution in [0.15, 0.2) is 5.38 Å². The lowest BCUT2D eigenvalue weighted by Crippen LogP contribution is -2.26. The molecule has 1 unspecified atom stereocenters. The minimum Gasteiger partial charge on any atom is -0.393 e. The zero-order chi connectivity index (χ0) is 12.7. The van der Waals surface area contributed by atoms with Crippen LogP contribution in [-0.2, 0) is 11.2 Å². The molecule has 0 radical (unpaired) electrons. The molecule has 1 amide bonds. The van der Waals surface area contributed by atoms with E-state index in [1.54, 1.807) is 18.3 Å². The fourth-order valence-electron chi connectivity index (χ4n) is 1.46. The number of aliphatic hydroxyl groups excluding tert-OH is 1. The number of nitrogens with zero attached hydrogens (tertiary/aromatic N) is 1. The highest BCUT2D eigenvalue weighted by molar-refractivity contribution is 7.09. The predicted octanol–water partition coefficient (Wildman–Crippen LogP) is 1.66. The third-order valence-electron chi connectivity index (χ3n) is 2.39. The number of aryl methyl sites for hydroxylation is 2. The molecular formula is C12H20N2O2S. The van der Waals surface area contributed by atoms with Gasteiger partial charge < -0.3 is 10.4 Å². The van der Waals surface area contributed by atoms with Gasteiger partial charge in [-0.25, -0.2) is 4.98 Å². The summed E-state index contributed by atoms with van der Waals surface area (Å²) in [6.45, 7) is 4.25. The Morgan fingerprint density at radius 1 is 1.65 bits per heavy atom. The molecule has 1 aromatic heterocycles. The van der Waals surface area contributed by atoms with Crippen molar-refractivity contribution in [1.29, 1.82) is 0 Å². The van der Waals surface area contributed by atoms with Crippen LogP contribution in [0.2, 0.25) is 0 Å². The van der Waals surface area contributed by atoms with E-state index in [0.717, 1.165) is 23.5 Å². The first-order valence-electron chi connectivity index (χ1n) is 5.93. The third-order valence-corrected chi connectivity index (χ3v) is 3.21. The zero-order valence-corrected chi connectivity index (χ0v) is 11.2. The molecule has 0 aliphatic carbocycles. The number of hydrogen-bond acceptors (Lipinski definition) is 4. The van der Waals surface area contributed by atoms with Crippen molar-refractivity contribution in [1.82, 2.24) is 10.3 Å². The lowest BCUT2D eigenvalue weighted by Gasteiger charge is -2.06. The standard InChI is InChI=1S/C12H20N2O2S/c1-9(15)6-7-13-12(16)5-3-4-11-8-17-10(2)14-11/h8-9,15H,3-7H2,1-2H3,(H,13,16). The Bertz CT molecular complexity index is 350. The largest absolute Gasteiger partial charge is 0.393 e. The molecule has 0 bridgehead atoms. The molecule has 5 heteroatoms. The quantitative estimate of drug-likeness (QED) is 0.780. The summed E-state index contributed by atoms with van der Waals surface area (Å²) in [4.78, 5) is 15.8. The molecule has 0 saturated heterocycles. The normalized spacial score (nSPS) is 12.4. The molecule has 0 fully saturated rings. The molecule has 0 spiro atoms. The monoisotopic (exact) mass is 256 g/mol. The summed E-state index contributed by atoms with van der Waals surface area (Å²) >= 11 is 1.64. The number of amides is 1. The van der Waals surface area contributed by atoms with Crippen molar-refractivity contribution in [3.05, 3.63) is 16.1 Å². The van der Waals surface area contributed by atoms with Crippen molar-refractivity contribution in [3.8, 4) is 0 Å². The number of thiazole rings is 1. The number of carbonyl (C=O) groups is 1. The molecule has 2 N–H and O–H groups in total. The minimum absolute atomic E-state index is 0.0533. The molecule has 1 rings (SSSR count). The van der Waals surface area contributed by atoms with Gasteiger partial charge in [-0.2, -0.15) is 0 Å². The Morgan fingerprint density at radius 3 is 3.00 bits per heavy atom. The van der Waals surface area contributed by atoms with Crippen LogP contribution in [0.3, 0.4) is 0 Å². The van der Waals surface area contributed by atoms with E-state index >= 15 is 0 Å². The summed E-state index contributed by atoms with van der Waals surface area (Å²) in [6, 6.07) is 0. The molecule has 17 heavy (non-hydrogen) atoms. The Hall–Kier alpha value is -0.940. The highest BCUT2D eigenvalue weighted by atomic mass is 32.1. The van der Waals surface area contributed by atoms with Crippen LogP contribution in [0, 0.1) is 6.92 Å². The average molecular weight is 256 g/mol. The summed E-state index contributed by atoms with van der Waals surface area (Å²) in [5.74, 6) is 0.0533. The second-order valence-corrected chi connectivity index (χ2v) is 5.26. The average Bonchev–Trinajstić information content (AvgIpc) is 2.63. The molecule has 0 aliphatic rings. The third kappa shape index (κ3) is 6.38. The van der Waals surface area contributed by atoms with Gasteiger partial charge in [-0.1, -0.05) is 0 Å². The second-order valence-electron chi connectivity index (χ2n) is 4.20. The van der Waals surface area contributed by atoms with Crippen LogP contribution < -0.4 is 5.32 Å². The number of hydrogen-bond donors (Lipinski definition) is 2. The zero-order valence-electron chi connectivity index (χ0n) is 10.4. The Balaban J connectivity index is 2.08. The van der Waals surface area contributed by atoms with E-state index in [2.05, 4.69) is 10.3 Å². The summed E-state index contributed by atoms with van der Waals surface area (Å²) in [5.41, 5.74) is 1.07. The Kier molecular flexibility index (Phi) is 6.15. The van der Waals surface area contributed by atoms with Crippen molar-refractivity contribution in [2.45, 2.75) is 45.6 Å². The topological polar surface area (TPSA) is 62.2 Å². The van der Waals surface area contributed by atoms with Crippen molar-refractivity contribution < 1.29 is 9.90 Å². The van der Waals surface area contributed by atoms with Gasteiger partial charge >= 0.3 is 0 Å². The number of carbonyl (C=O) groups excluding carboxylic acids is 1. The first kappa shape index (κ1) is 14.1. The maximum absolute atomic E-state index is 11.4. The van der Waals surface area contributed by atoms with E-state index < -0.39 is 0 Å². The number of aliphatic hydroxyl groups is 1. The molecule has 0 aromatic carbocycles.